The van der Waals surface area contributed by atoms with Crippen LogP contribution in [0.15, 0.2) is 23.0 Å². The summed E-state index contributed by atoms with van der Waals surface area (Å²) in [4.78, 5) is 6.51. The maximum absolute atomic E-state index is 4.27. The number of nitrogens with one attached hydrogen (secondary N) is 1. The zero-order chi connectivity index (χ0) is 11.8. The molecular weight excluding hydrogens is 218 g/mol. The number of likely N-dealkylation sites (N-methyl/N-ethyl adjacent to an activating group) is 1. The van der Waals surface area contributed by atoms with Crippen molar-refractivity contribution in [2.45, 2.75) is 19.9 Å². The highest BCUT2D eigenvalue weighted by molar-refractivity contribution is 7.07. The SMILES string of the molecule is C=C(CNCCC)CN(C)Cc1cscn1. The summed E-state index contributed by atoms with van der Waals surface area (Å²) in [6, 6.07) is 0. The molecule has 0 spiro atoms. The number of hydrogen-bond donors (Lipinski definition) is 1. The van der Waals surface area contributed by atoms with Crippen LogP contribution in [0.1, 0.15) is 19.0 Å². The quantitative estimate of drug-likeness (QED) is 0.556. The van der Waals surface area contributed by atoms with E-state index in [1.807, 2.05) is 5.51 Å². The van der Waals surface area contributed by atoms with Gasteiger partial charge in [0, 0.05) is 25.0 Å². The van der Waals surface area contributed by atoms with E-state index in [2.05, 4.69) is 41.1 Å². The van der Waals surface area contributed by atoms with Crippen molar-refractivity contribution in [2.75, 3.05) is 26.7 Å². The third-order valence-electron chi connectivity index (χ3n) is 2.21. The van der Waals surface area contributed by atoms with Crippen LogP contribution in [0.25, 0.3) is 0 Å². The van der Waals surface area contributed by atoms with Crippen molar-refractivity contribution in [3.8, 4) is 0 Å². The fourth-order valence-electron chi connectivity index (χ4n) is 1.53. The van der Waals surface area contributed by atoms with Gasteiger partial charge in [0.05, 0.1) is 11.2 Å². The first-order valence-electron chi connectivity index (χ1n) is 5.65. The van der Waals surface area contributed by atoms with E-state index in [1.165, 1.54) is 12.0 Å². The Kier molecular flexibility index (Phi) is 6.30. The first-order chi connectivity index (χ1) is 7.72. The van der Waals surface area contributed by atoms with Crippen LogP contribution < -0.4 is 5.32 Å². The molecule has 16 heavy (non-hydrogen) atoms. The molecule has 0 radical (unpaired) electrons. The van der Waals surface area contributed by atoms with Gasteiger partial charge < -0.3 is 5.32 Å². The molecule has 0 aliphatic heterocycles. The molecular formula is C12H21N3S. The van der Waals surface area contributed by atoms with Crippen LogP contribution in [0.5, 0.6) is 0 Å². The molecule has 4 heteroatoms. The van der Waals surface area contributed by atoms with E-state index in [4.69, 9.17) is 0 Å². The molecule has 1 aromatic rings. The number of aromatic nitrogens is 1. The molecule has 0 saturated carbocycles. The minimum atomic E-state index is 0.899. The minimum absolute atomic E-state index is 0.899. The predicted octanol–water partition coefficient (Wildman–Crippen LogP) is 2.13. The summed E-state index contributed by atoms with van der Waals surface area (Å²) in [7, 11) is 2.10. The fourth-order valence-corrected chi connectivity index (χ4v) is 2.08. The van der Waals surface area contributed by atoms with E-state index in [1.54, 1.807) is 11.3 Å². The molecule has 0 aliphatic carbocycles. The Balaban J connectivity index is 2.18. The lowest BCUT2D eigenvalue weighted by Crippen LogP contribution is -2.26. The monoisotopic (exact) mass is 239 g/mol. The number of rotatable bonds is 8. The predicted molar refractivity (Wildman–Crippen MR) is 70.7 cm³/mol. The summed E-state index contributed by atoms with van der Waals surface area (Å²) >= 11 is 1.64. The van der Waals surface area contributed by atoms with Crippen LogP contribution in [0.4, 0.5) is 0 Å². The van der Waals surface area contributed by atoms with E-state index < -0.39 is 0 Å². The normalized spacial score (nSPS) is 10.9. The number of thiazole rings is 1. The van der Waals surface area contributed by atoms with Crippen molar-refractivity contribution in [1.82, 2.24) is 15.2 Å². The van der Waals surface area contributed by atoms with Crippen molar-refractivity contribution in [2.24, 2.45) is 0 Å². The van der Waals surface area contributed by atoms with E-state index in [0.29, 0.717) is 0 Å². The van der Waals surface area contributed by atoms with Gasteiger partial charge in [0.2, 0.25) is 0 Å². The lowest BCUT2D eigenvalue weighted by Gasteiger charge is -2.17. The Labute approximate surface area is 102 Å². The Morgan fingerprint density at radius 2 is 2.44 bits per heavy atom. The second-order valence-electron chi connectivity index (χ2n) is 4.08. The molecule has 0 aliphatic rings. The van der Waals surface area contributed by atoms with Gasteiger partial charge >= 0.3 is 0 Å². The molecule has 0 unspecified atom stereocenters. The van der Waals surface area contributed by atoms with Gasteiger partial charge in [-0.1, -0.05) is 13.5 Å². The summed E-state index contributed by atoms with van der Waals surface area (Å²) in [5, 5.41) is 5.45. The van der Waals surface area contributed by atoms with Crippen LogP contribution >= 0.6 is 11.3 Å². The molecule has 1 heterocycles. The smallest absolute Gasteiger partial charge is 0.0795 e. The molecule has 3 nitrogen and oxygen atoms in total. The molecule has 0 aromatic carbocycles. The van der Waals surface area contributed by atoms with E-state index >= 15 is 0 Å². The third kappa shape index (κ3) is 5.39. The average molecular weight is 239 g/mol. The second kappa shape index (κ2) is 7.54. The van der Waals surface area contributed by atoms with Gasteiger partial charge in [-0.05, 0) is 25.6 Å². The molecule has 0 amide bonds. The lowest BCUT2D eigenvalue weighted by atomic mass is 10.2. The maximum atomic E-state index is 4.27. The Morgan fingerprint density at radius 1 is 1.62 bits per heavy atom. The number of nitrogens with zero attached hydrogens (tertiary/aromatic N) is 2. The second-order valence-corrected chi connectivity index (χ2v) is 4.80. The van der Waals surface area contributed by atoms with Crippen molar-refractivity contribution < 1.29 is 0 Å². The van der Waals surface area contributed by atoms with Gasteiger partial charge in [0.15, 0.2) is 0 Å². The van der Waals surface area contributed by atoms with Crippen LogP contribution in [0.2, 0.25) is 0 Å². The fraction of sp³-hybridized carbons (Fsp3) is 0.583. The van der Waals surface area contributed by atoms with Gasteiger partial charge in [0.25, 0.3) is 0 Å². The standard InChI is InChI=1S/C12H21N3S/c1-4-5-13-6-11(2)7-15(3)8-12-9-16-10-14-12/h9-10,13H,2,4-8H2,1,3H3. The van der Waals surface area contributed by atoms with Gasteiger partial charge in [-0.25, -0.2) is 4.98 Å². The zero-order valence-electron chi connectivity index (χ0n) is 10.2. The molecule has 0 fully saturated rings. The van der Waals surface area contributed by atoms with Crippen LogP contribution in [0, 0.1) is 0 Å². The minimum Gasteiger partial charge on any atom is -0.313 e. The molecule has 90 valence electrons. The topological polar surface area (TPSA) is 28.2 Å². The zero-order valence-corrected chi connectivity index (χ0v) is 11.0. The highest BCUT2D eigenvalue weighted by Gasteiger charge is 2.03. The largest absolute Gasteiger partial charge is 0.313 e. The van der Waals surface area contributed by atoms with Crippen molar-refractivity contribution in [3.63, 3.8) is 0 Å². The van der Waals surface area contributed by atoms with Crippen molar-refractivity contribution in [1.29, 1.82) is 0 Å². The average Bonchev–Trinajstić information content (AvgIpc) is 2.70. The highest BCUT2D eigenvalue weighted by Crippen LogP contribution is 2.05. The van der Waals surface area contributed by atoms with E-state index in [-0.39, 0.29) is 0 Å². The molecule has 0 bridgehead atoms. The summed E-state index contributed by atoms with van der Waals surface area (Å²) in [6.45, 7) is 10.0. The highest BCUT2D eigenvalue weighted by atomic mass is 32.1. The third-order valence-corrected chi connectivity index (χ3v) is 2.85. The molecule has 1 N–H and O–H groups in total. The van der Waals surface area contributed by atoms with Crippen molar-refractivity contribution in [3.05, 3.63) is 28.7 Å². The van der Waals surface area contributed by atoms with Crippen molar-refractivity contribution >= 4 is 11.3 Å². The van der Waals surface area contributed by atoms with Crippen LogP contribution in [-0.2, 0) is 6.54 Å². The number of hydrogen-bond acceptors (Lipinski definition) is 4. The Hall–Kier alpha value is -0.710. The van der Waals surface area contributed by atoms with E-state index in [9.17, 15) is 0 Å². The van der Waals surface area contributed by atoms with E-state index in [0.717, 1.165) is 31.9 Å². The maximum Gasteiger partial charge on any atom is 0.0795 e. The first kappa shape index (κ1) is 13.4. The summed E-state index contributed by atoms with van der Waals surface area (Å²) in [5.41, 5.74) is 4.24. The van der Waals surface area contributed by atoms with Gasteiger partial charge in [-0.15, -0.1) is 11.3 Å². The molecule has 1 rings (SSSR count). The van der Waals surface area contributed by atoms with Gasteiger partial charge in [-0.2, -0.15) is 0 Å². The van der Waals surface area contributed by atoms with Gasteiger partial charge in [-0.3, -0.25) is 4.90 Å². The lowest BCUT2D eigenvalue weighted by molar-refractivity contribution is 0.348. The summed E-state index contributed by atoms with van der Waals surface area (Å²) < 4.78 is 0. The summed E-state index contributed by atoms with van der Waals surface area (Å²) in [6.07, 6.45) is 1.17. The molecule has 0 saturated heterocycles. The van der Waals surface area contributed by atoms with Crippen LogP contribution in [-0.4, -0.2) is 36.6 Å². The Bertz CT molecular complexity index is 295. The molecule has 0 atom stereocenters. The van der Waals surface area contributed by atoms with Gasteiger partial charge in [0.1, 0.15) is 0 Å². The summed E-state index contributed by atoms with van der Waals surface area (Å²) in [5.74, 6) is 0. The van der Waals surface area contributed by atoms with Crippen LogP contribution in [0.3, 0.4) is 0 Å². The molecule has 1 aromatic heterocycles. The Morgan fingerprint density at radius 3 is 3.06 bits per heavy atom. The first-order valence-corrected chi connectivity index (χ1v) is 6.59.